The highest BCUT2D eigenvalue weighted by Gasteiger charge is 2.35. The third kappa shape index (κ3) is 5.23. The van der Waals surface area contributed by atoms with E-state index in [1.807, 2.05) is 0 Å². The zero-order valence-electron chi connectivity index (χ0n) is 11.0. The van der Waals surface area contributed by atoms with Crippen molar-refractivity contribution in [3.05, 3.63) is 0 Å². The van der Waals surface area contributed by atoms with E-state index in [-0.39, 0.29) is 12.8 Å². The maximum absolute atomic E-state index is 11.3. The molecule has 0 aromatic carbocycles. The van der Waals surface area contributed by atoms with Gasteiger partial charge in [-0.15, -0.1) is 0 Å². The molecule has 3 N–H and O–H groups in total. The van der Waals surface area contributed by atoms with E-state index in [0.29, 0.717) is 0 Å². The van der Waals surface area contributed by atoms with Crippen LogP contribution < -0.4 is 0 Å². The second-order valence-corrected chi connectivity index (χ2v) is 4.84. The average molecular weight is 276 g/mol. The summed E-state index contributed by atoms with van der Waals surface area (Å²) in [6.45, 7) is 3.26. The number of aliphatic hydroxyl groups is 2. The van der Waals surface area contributed by atoms with E-state index in [0.717, 1.165) is 0 Å². The highest BCUT2D eigenvalue weighted by atomic mass is 16.7. The molecular weight excluding hydrogens is 256 g/mol. The van der Waals surface area contributed by atoms with Crippen molar-refractivity contribution in [2.45, 2.75) is 63.8 Å². The number of ether oxygens (including phenoxy) is 2. The van der Waals surface area contributed by atoms with Crippen molar-refractivity contribution >= 4 is 11.8 Å². The van der Waals surface area contributed by atoms with E-state index in [9.17, 15) is 19.8 Å². The lowest BCUT2D eigenvalue weighted by Gasteiger charge is -2.36. The van der Waals surface area contributed by atoms with E-state index in [1.54, 1.807) is 13.8 Å². The molecule has 1 fully saturated rings. The van der Waals surface area contributed by atoms with Crippen molar-refractivity contribution in [3.8, 4) is 0 Å². The highest BCUT2D eigenvalue weighted by Crippen LogP contribution is 2.22. The third-order valence-corrected chi connectivity index (χ3v) is 2.92. The van der Waals surface area contributed by atoms with Gasteiger partial charge in [-0.25, -0.2) is 0 Å². The summed E-state index contributed by atoms with van der Waals surface area (Å²) >= 11 is 0. The number of aliphatic hydroxyl groups excluding tert-OH is 2. The molecule has 7 heteroatoms. The molecule has 0 bridgehead atoms. The van der Waals surface area contributed by atoms with Crippen LogP contribution in [0.5, 0.6) is 0 Å². The van der Waals surface area contributed by atoms with Crippen molar-refractivity contribution in [3.63, 3.8) is 0 Å². The number of carbonyl (C=O) groups is 2. The van der Waals surface area contributed by atoms with Crippen LogP contribution in [0.1, 0.15) is 33.1 Å². The number of carboxylic acids is 1. The Morgan fingerprint density at radius 2 is 2.00 bits per heavy atom. The van der Waals surface area contributed by atoms with Gasteiger partial charge in [0, 0.05) is 12.8 Å². The fourth-order valence-electron chi connectivity index (χ4n) is 1.90. The Morgan fingerprint density at radius 3 is 2.58 bits per heavy atom. The molecule has 0 spiro atoms. The van der Waals surface area contributed by atoms with Crippen LogP contribution in [0.15, 0.2) is 0 Å². The van der Waals surface area contributed by atoms with Gasteiger partial charge < -0.3 is 24.8 Å². The molecule has 0 aromatic rings. The molecule has 0 aliphatic carbocycles. The Labute approximate surface area is 111 Å². The number of hydrogen-bond acceptors (Lipinski definition) is 6. The number of ketones is 1. The molecule has 1 rings (SSSR count). The van der Waals surface area contributed by atoms with Gasteiger partial charge in [-0.2, -0.15) is 0 Å². The minimum atomic E-state index is -1.18. The van der Waals surface area contributed by atoms with Gasteiger partial charge in [0.05, 0.1) is 18.3 Å². The van der Waals surface area contributed by atoms with E-state index in [1.165, 1.54) is 0 Å². The number of carboxylic acid groups (broad SMARTS) is 1. The zero-order chi connectivity index (χ0) is 14.6. The minimum absolute atomic E-state index is 0.0597. The van der Waals surface area contributed by atoms with Gasteiger partial charge >= 0.3 is 5.97 Å². The van der Waals surface area contributed by atoms with Crippen LogP contribution in [-0.2, 0) is 19.1 Å². The largest absolute Gasteiger partial charge is 0.481 e. The predicted molar refractivity (Wildman–Crippen MR) is 63.4 cm³/mol. The van der Waals surface area contributed by atoms with Crippen LogP contribution in [0.3, 0.4) is 0 Å². The number of carbonyl (C=O) groups excluding carboxylic acids is 1. The van der Waals surface area contributed by atoms with Gasteiger partial charge in [0.25, 0.3) is 0 Å². The predicted octanol–water partition coefficient (Wildman–Crippen LogP) is -0.318. The van der Waals surface area contributed by atoms with Crippen LogP contribution in [0.25, 0.3) is 0 Å². The molecule has 7 nitrogen and oxygen atoms in total. The molecular formula is C12H20O7. The molecule has 110 valence electrons. The van der Waals surface area contributed by atoms with Gasteiger partial charge in [0.15, 0.2) is 6.29 Å². The van der Waals surface area contributed by atoms with Crippen LogP contribution in [0, 0.1) is 0 Å². The summed E-state index contributed by atoms with van der Waals surface area (Å²) < 4.78 is 10.7. The first-order chi connectivity index (χ1) is 8.79. The Hall–Kier alpha value is -1.02. The Kier molecular flexibility index (Phi) is 5.86. The second-order valence-electron chi connectivity index (χ2n) is 4.84. The Bertz CT molecular complexity index is 330. The average Bonchev–Trinajstić information content (AvgIpc) is 2.24. The SMILES string of the molecule is C[C@H](CC(=O)CC(=O)O)O[C@@H]1O[C@@H](C)[C@H](O)C[C@H]1O. The van der Waals surface area contributed by atoms with Crippen molar-refractivity contribution in [2.24, 2.45) is 0 Å². The van der Waals surface area contributed by atoms with Crippen LogP contribution in [-0.4, -0.2) is 57.8 Å². The van der Waals surface area contributed by atoms with E-state index in [4.69, 9.17) is 14.6 Å². The van der Waals surface area contributed by atoms with Gasteiger partial charge in [0.2, 0.25) is 0 Å². The molecule has 0 radical (unpaired) electrons. The first-order valence-electron chi connectivity index (χ1n) is 6.20. The van der Waals surface area contributed by atoms with Gasteiger partial charge in [-0.3, -0.25) is 9.59 Å². The molecule has 1 heterocycles. The smallest absolute Gasteiger partial charge is 0.310 e. The third-order valence-electron chi connectivity index (χ3n) is 2.92. The van der Waals surface area contributed by atoms with Crippen molar-refractivity contribution in [1.29, 1.82) is 0 Å². The summed E-state index contributed by atoms with van der Waals surface area (Å²) in [5.74, 6) is -1.62. The number of aliphatic carboxylic acids is 1. The number of Topliss-reactive ketones (excluding diaryl/α,β-unsaturated/α-hetero) is 1. The summed E-state index contributed by atoms with van der Waals surface area (Å²) in [7, 11) is 0. The minimum Gasteiger partial charge on any atom is -0.481 e. The fourth-order valence-corrected chi connectivity index (χ4v) is 1.90. The van der Waals surface area contributed by atoms with Crippen LogP contribution in [0.4, 0.5) is 0 Å². The molecule has 1 saturated heterocycles. The normalized spacial score (nSPS) is 32.8. The number of hydrogen-bond donors (Lipinski definition) is 3. The topological polar surface area (TPSA) is 113 Å². The molecule has 0 unspecified atom stereocenters. The number of rotatable bonds is 6. The molecule has 0 aromatic heterocycles. The van der Waals surface area contributed by atoms with Gasteiger partial charge in [-0.1, -0.05) is 0 Å². The molecule has 5 atom stereocenters. The van der Waals surface area contributed by atoms with Gasteiger partial charge in [-0.05, 0) is 13.8 Å². The van der Waals surface area contributed by atoms with E-state index < -0.39 is 48.9 Å². The van der Waals surface area contributed by atoms with E-state index >= 15 is 0 Å². The standard InChI is InChI=1S/C12H20O7/c1-6(3-8(13)4-11(16)17)18-12-10(15)5-9(14)7(2)19-12/h6-7,9-10,12,14-15H,3-5H2,1-2H3,(H,16,17)/t6-,7+,9-,10-,12-/m1/s1. The summed E-state index contributed by atoms with van der Waals surface area (Å²) in [4.78, 5) is 21.7. The van der Waals surface area contributed by atoms with Crippen molar-refractivity contribution in [1.82, 2.24) is 0 Å². The molecule has 0 saturated carbocycles. The lowest BCUT2D eigenvalue weighted by molar-refractivity contribution is -0.272. The van der Waals surface area contributed by atoms with Crippen molar-refractivity contribution in [2.75, 3.05) is 0 Å². The molecule has 1 aliphatic heterocycles. The lowest BCUT2D eigenvalue weighted by Crippen LogP contribution is -2.48. The monoisotopic (exact) mass is 276 g/mol. The zero-order valence-corrected chi connectivity index (χ0v) is 11.0. The van der Waals surface area contributed by atoms with Crippen LogP contribution in [0.2, 0.25) is 0 Å². The molecule has 1 aliphatic rings. The van der Waals surface area contributed by atoms with Gasteiger partial charge in [0.1, 0.15) is 18.3 Å². The maximum Gasteiger partial charge on any atom is 0.310 e. The summed E-state index contributed by atoms with van der Waals surface area (Å²) in [6.07, 6.45) is -4.12. The summed E-state index contributed by atoms with van der Waals surface area (Å²) in [6, 6.07) is 0. The summed E-state index contributed by atoms with van der Waals surface area (Å²) in [5, 5.41) is 27.7. The molecule has 0 amide bonds. The first kappa shape index (κ1) is 16.0. The Balaban J connectivity index is 2.41. The maximum atomic E-state index is 11.3. The highest BCUT2D eigenvalue weighted by molar-refractivity contribution is 5.94. The molecule has 19 heavy (non-hydrogen) atoms. The fraction of sp³-hybridized carbons (Fsp3) is 0.833. The first-order valence-corrected chi connectivity index (χ1v) is 6.20. The van der Waals surface area contributed by atoms with Crippen LogP contribution >= 0.6 is 0 Å². The quantitative estimate of drug-likeness (QED) is 0.570. The Morgan fingerprint density at radius 1 is 1.37 bits per heavy atom. The second kappa shape index (κ2) is 6.95. The van der Waals surface area contributed by atoms with E-state index in [2.05, 4.69) is 0 Å². The van der Waals surface area contributed by atoms with Crippen molar-refractivity contribution < 1.29 is 34.4 Å². The summed E-state index contributed by atoms with van der Waals surface area (Å²) in [5.41, 5.74) is 0. The lowest BCUT2D eigenvalue weighted by atomic mass is 10.0.